The zero-order valence-corrected chi connectivity index (χ0v) is 24.2. The van der Waals surface area contributed by atoms with Gasteiger partial charge < -0.3 is 34.3 Å². The van der Waals surface area contributed by atoms with E-state index in [-0.39, 0.29) is 11.1 Å². The molecule has 1 atom stereocenters. The predicted octanol–water partition coefficient (Wildman–Crippen LogP) is 5.52. The van der Waals surface area contributed by atoms with E-state index in [9.17, 15) is 9.18 Å². The SMILES string of the molecule is COc1cc(/C=N/NC(=O)Nc2cc3c(Nc4ccc(F)c(Cl)c4)ncnc3cc2O[C@H]2CCOC2)cc(OC)c1OC. The second-order valence-corrected chi connectivity index (χ2v) is 9.64. The molecule has 14 heteroatoms. The van der Waals surface area contributed by atoms with Crippen LogP contribution in [0.4, 0.5) is 26.4 Å². The third-order valence-corrected chi connectivity index (χ3v) is 6.71. The Kier molecular flexibility index (Phi) is 9.23. The first-order valence-corrected chi connectivity index (χ1v) is 13.4. The maximum Gasteiger partial charge on any atom is 0.339 e. The number of nitrogens with one attached hydrogen (secondary N) is 3. The molecule has 1 aliphatic rings. The van der Waals surface area contributed by atoms with Crippen LogP contribution in [0, 0.1) is 5.82 Å². The standard InChI is InChI=1S/C29H28ClFN6O6/c1-39-25-8-16(9-26(40-2)27(25)41-3)13-34-37-29(38)36-23-11-19-22(12-24(23)43-18-6-7-42-14-18)32-15-33-28(19)35-17-4-5-21(31)20(30)10-17/h4-5,8-13,15,18H,6-7,14H2,1-3H3,(H,32,33,35)(H2,36,37,38)/b34-13+/t18-/m0/s1. The van der Waals surface area contributed by atoms with Crippen molar-refractivity contribution < 1.29 is 32.9 Å². The summed E-state index contributed by atoms with van der Waals surface area (Å²) in [4.78, 5) is 21.6. The molecule has 0 unspecified atom stereocenters. The summed E-state index contributed by atoms with van der Waals surface area (Å²) in [5.74, 6) is 1.58. The van der Waals surface area contributed by atoms with E-state index >= 15 is 0 Å². The van der Waals surface area contributed by atoms with Gasteiger partial charge in [-0.25, -0.2) is 24.6 Å². The van der Waals surface area contributed by atoms with E-state index in [1.54, 1.807) is 24.3 Å². The Morgan fingerprint density at radius 1 is 1.07 bits per heavy atom. The second-order valence-electron chi connectivity index (χ2n) is 9.23. The number of halogens is 2. The molecular weight excluding hydrogens is 583 g/mol. The van der Waals surface area contributed by atoms with Gasteiger partial charge >= 0.3 is 6.03 Å². The third-order valence-electron chi connectivity index (χ3n) is 6.42. The maximum atomic E-state index is 13.7. The van der Waals surface area contributed by atoms with Crippen molar-refractivity contribution in [2.45, 2.75) is 12.5 Å². The molecule has 0 radical (unpaired) electrons. The van der Waals surface area contributed by atoms with Gasteiger partial charge in [-0.3, -0.25) is 0 Å². The van der Waals surface area contributed by atoms with Crippen molar-refractivity contribution in [3.63, 3.8) is 0 Å². The average molecular weight is 611 g/mol. The lowest BCUT2D eigenvalue weighted by atomic mass is 10.1. The van der Waals surface area contributed by atoms with E-state index in [1.165, 1.54) is 52.1 Å². The van der Waals surface area contributed by atoms with Crippen LogP contribution in [-0.4, -0.2) is 62.9 Å². The molecular formula is C29H28ClFN6O6. The Morgan fingerprint density at radius 2 is 1.86 bits per heavy atom. The minimum atomic E-state index is -0.632. The summed E-state index contributed by atoms with van der Waals surface area (Å²) >= 11 is 5.95. The highest BCUT2D eigenvalue weighted by molar-refractivity contribution is 6.31. The average Bonchev–Trinajstić information content (AvgIpc) is 3.52. The number of rotatable bonds is 10. The highest BCUT2D eigenvalue weighted by Crippen LogP contribution is 2.38. The molecule has 3 N–H and O–H groups in total. The molecule has 1 aliphatic heterocycles. The van der Waals surface area contributed by atoms with E-state index in [2.05, 4.69) is 31.1 Å². The Balaban J connectivity index is 1.40. The van der Waals surface area contributed by atoms with Gasteiger partial charge in [0.1, 0.15) is 29.8 Å². The van der Waals surface area contributed by atoms with Crippen LogP contribution in [0.15, 0.2) is 53.9 Å². The summed E-state index contributed by atoms with van der Waals surface area (Å²) < 4.78 is 41.3. The second kappa shape index (κ2) is 13.4. The first-order chi connectivity index (χ1) is 20.9. The summed E-state index contributed by atoms with van der Waals surface area (Å²) in [5, 5.41) is 10.5. The fraction of sp³-hybridized carbons (Fsp3) is 0.241. The number of urea groups is 1. The van der Waals surface area contributed by atoms with E-state index in [0.29, 0.717) is 76.3 Å². The highest BCUT2D eigenvalue weighted by atomic mass is 35.5. The van der Waals surface area contributed by atoms with Crippen molar-refractivity contribution in [3.8, 4) is 23.0 Å². The van der Waals surface area contributed by atoms with Crippen LogP contribution >= 0.6 is 11.6 Å². The molecule has 12 nitrogen and oxygen atoms in total. The molecule has 2 heterocycles. The number of anilines is 3. The monoisotopic (exact) mass is 610 g/mol. The molecule has 1 fully saturated rings. The van der Waals surface area contributed by atoms with E-state index in [1.807, 2.05) is 0 Å². The van der Waals surface area contributed by atoms with Crippen molar-refractivity contribution in [3.05, 3.63) is 65.2 Å². The Bertz CT molecular complexity index is 1640. The van der Waals surface area contributed by atoms with Gasteiger partial charge in [0.15, 0.2) is 11.5 Å². The van der Waals surface area contributed by atoms with Crippen LogP contribution < -0.4 is 35.0 Å². The molecule has 0 aliphatic carbocycles. The number of nitrogens with zero attached hydrogens (tertiary/aromatic N) is 3. The van der Waals surface area contributed by atoms with Gasteiger partial charge in [-0.2, -0.15) is 5.10 Å². The lowest BCUT2D eigenvalue weighted by molar-refractivity contribution is 0.142. The first kappa shape index (κ1) is 29.6. The van der Waals surface area contributed by atoms with E-state index < -0.39 is 11.8 Å². The number of fused-ring (bicyclic) bond motifs is 1. The number of carbonyl (C=O) groups excluding carboxylic acids is 1. The topological polar surface area (TPSA) is 137 Å². The molecule has 0 saturated carbocycles. The van der Waals surface area contributed by atoms with Crippen LogP contribution in [-0.2, 0) is 4.74 Å². The number of aromatic nitrogens is 2. The number of amides is 2. The summed E-state index contributed by atoms with van der Waals surface area (Å²) in [7, 11) is 4.52. The molecule has 1 saturated heterocycles. The van der Waals surface area contributed by atoms with Gasteiger partial charge in [-0.15, -0.1) is 0 Å². The van der Waals surface area contributed by atoms with Gasteiger partial charge in [0.05, 0.1) is 57.0 Å². The summed E-state index contributed by atoms with van der Waals surface area (Å²) in [6.45, 7) is 0.998. The van der Waals surface area contributed by atoms with Crippen LogP contribution in [0.2, 0.25) is 5.02 Å². The number of hydrogen-bond donors (Lipinski definition) is 3. The lowest BCUT2D eigenvalue weighted by Gasteiger charge is -2.18. The maximum absolute atomic E-state index is 13.7. The Labute approximate surface area is 251 Å². The Hall–Kier alpha value is -4.88. The minimum Gasteiger partial charge on any atom is -0.493 e. The zero-order chi connectivity index (χ0) is 30.3. The van der Waals surface area contributed by atoms with Gasteiger partial charge in [-0.1, -0.05) is 11.6 Å². The van der Waals surface area contributed by atoms with Crippen molar-refractivity contribution in [2.24, 2.45) is 5.10 Å². The Morgan fingerprint density at radius 3 is 2.53 bits per heavy atom. The number of benzene rings is 3. The molecule has 0 bridgehead atoms. The zero-order valence-electron chi connectivity index (χ0n) is 23.4. The molecule has 5 rings (SSSR count). The van der Waals surface area contributed by atoms with Crippen LogP contribution in [0.1, 0.15) is 12.0 Å². The van der Waals surface area contributed by atoms with Crippen LogP contribution in [0.5, 0.6) is 23.0 Å². The number of carbonyl (C=O) groups is 1. The minimum absolute atomic E-state index is 0.0380. The molecule has 3 aromatic carbocycles. The van der Waals surface area contributed by atoms with E-state index in [0.717, 1.165) is 0 Å². The highest BCUT2D eigenvalue weighted by Gasteiger charge is 2.21. The van der Waals surface area contributed by atoms with Gasteiger partial charge in [-0.05, 0) is 36.4 Å². The molecule has 4 aromatic rings. The molecule has 1 aromatic heterocycles. The largest absolute Gasteiger partial charge is 0.493 e. The van der Waals surface area contributed by atoms with Gasteiger partial charge in [0, 0.05) is 29.1 Å². The molecule has 2 amide bonds. The van der Waals surface area contributed by atoms with Crippen molar-refractivity contribution in [2.75, 3.05) is 45.2 Å². The van der Waals surface area contributed by atoms with Crippen molar-refractivity contribution in [1.82, 2.24) is 15.4 Å². The van der Waals surface area contributed by atoms with Crippen molar-refractivity contribution in [1.29, 1.82) is 0 Å². The quantitative estimate of drug-likeness (QED) is 0.157. The summed E-state index contributed by atoms with van der Waals surface area (Å²) in [5.41, 5.74) is 4.45. The molecule has 0 spiro atoms. The van der Waals surface area contributed by atoms with Crippen molar-refractivity contribution >= 4 is 51.9 Å². The van der Waals surface area contributed by atoms with E-state index in [4.69, 9.17) is 35.3 Å². The fourth-order valence-electron chi connectivity index (χ4n) is 4.37. The first-order valence-electron chi connectivity index (χ1n) is 13.0. The normalized spacial score (nSPS) is 14.5. The van der Waals surface area contributed by atoms with Gasteiger partial charge in [0.25, 0.3) is 0 Å². The number of hydrazone groups is 1. The van der Waals surface area contributed by atoms with Crippen LogP contribution in [0.3, 0.4) is 0 Å². The number of ether oxygens (including phenoxy) is 5. The number of methoxy groups -OCH3 is 3. The van der Waals surface area contributed by atoms with Crippen LogP contribution in [0.25, 0.3) is 10.9 Å². The predicted molar refractivity (Wildman–Crippen MR) is 160 cm³/mol. The fourth-order valence-corrected chi connectivity index (χ4v) is 4.55. The van der Waals surface area contributed by atoms with Gasteiger partial charge in [0.2, 0.25) is 5.75 Å². The molecule has 43 heavy (non-hydrogen) atoms. The summed E-state index contributed by atoms with van der Waals surface area (Å²) in [6.07, 6.45) is 3.32. The lowest BCUT2D eigenvalue weighted by Crippen LogP contribution is -2.25. The number of hydrogen-bond acceptors (Lipinski definition) is 10. The smallest absolute Gasteiger partial charge is 0.339 e. The molecule has 224 valence electrons. The summed E-state index contributed by atoms with van der Waals surface area (Å²) in [6, 6.07) is 10.3. The third kappa shape index (κ3) is 6.96.